The van der Waals surface area contributed by atoms with E-state index in [4.69, 9.17) is 10.8 Å². The van der Waals surface area contributed by atoms with Crippen LogP contribution in [-0.2, 0) is 4.79 Å². The Hall–Kier alpha value is -1.30. The Kier molecular flexibility index (Phi) is 6.08. The molecule has 6 nitrogen and oxygen atoms in total. The number of carbonyl (C=O) groups excluding carboxylic acids is 2. The normalized spacial score (nSPS) is 17.5. The Morgan fingerprint density at radius 1 is 1.37 bits per heavy atom. The highest BCUT2D eigenvalue weighted by molar-refractivity contribution is 5.87. The number of urea groups is 1. The van der Waals surface area contributed by atoms with E-state index in [0.29, 0.717) is 6.54 Å². The summed E-state index contributed by atoms with van der Waals surface area (Å²) in [5, 5.41) is 11.6. The van der Waals surface area contributed by atoms with Crippen molar-refractivity contribution >= 4 is 11.9 Å². The van der Waals surface area contributed by atoms with Crippen LogP contribution in [0.1, 0.15) is 39.5 Å². The molecule has 0 aromatic rings. The van der Waals surface area contributed by atoms with Crippen LogP contribution < -0.4 is 11.1 Å². The van der Waals surface area contributed by atoms with Crippen LogP contribution in [0.5, 0.6) is 0 Å². The van der Waals surface area contributed by atoms with E-state index in [2.05, 4.69) is 5.32 Å². The molecule has 0 heterocycles. The van der Waals surface area contributed by atoms with Crippen molar-refractivity contribution in [1.82, 2.24) is 10.2 Å². The average Bonchev–Trinajstić information content (AvgIpc) is 2.85. The Balaban J connectivity index is 2.79. The maximum Gasteiger partial charge on any atom is 0.312 e. The van der Waals surface area contributed by atoms with E-state index < -0.39 is 12.1 Å². The van der Waals surface area contributed by atoms with Gasteiger partial charge in [-0.1, -0.05) is 26.7 Å². The van der Waals surface area contributed by atoms with Crippen molar-refractivity contribution in [2.24, 2.45) is 11.7 Å². The Morgan fingerprint density at radius 2 is 1.95 bits per heavy atom. The number of nitrogens with one attached hydrogen (secondary N) is 1. The van der Waals surface area contributed by atoms with Crippen molar-refractivity contribution in [3.63, 3.8) is 0 Å². The van der Waals surface area contributed by atoms with Crippen LogP contribution in [-0.4, -0.2) is 47.2 Å². The Labute approximate surface area is 114 Å². The maximum atomic E-state index is 12.5. The fraction of sp³-hybridized carbons (Fsp3) is 0.846. The molecule has 0 aromatic heterocycles. The molecule has 1 aliphatic carbocycles. The lowest BCUT2D eigenvalue weighted by atomic mass is 10.0. The van der Waals surface area contributed by atoms with E-state index in [-0.39, 0.29) is 24.5 Å². The van der Waals surface area contributed by atoms with Gasteiger partial charge in [-0.05, 0) is 18.8 Å². The van der Waals surface area contributed by atoms with Gasteiger partial charge in [-0.3, -0.25) is 4.79 Å². The molecule has 1 aliphatic rings. The highest BCUT2D eigenvalue weighted by atomic mass is 16.3. The summed E-state index contributed by atoms with van der Waals surface area (Å²) >= 11 is 0. The van der Waals surface area contributed by atoms with E-state index in [9.17, 15) is 9.59 Å². The van der Waals surface area contributed by atoms with Crippen LogP contribution in [0.2, 0.25) is 0 Å². The maximum absolute atomic E-state index is 12.5. The fourth-order valence-electron chi connectivity index (χ4n) is 2.64. The predicted octanol–water partition coefficient (Wildman–Crippen LogP) is 0.443. The number of hydrogen-bond donors (Lipinski definition) is 3. The molecule has 19 heavy (non-hydrogen) atoms. The van der Waals surface area contributed by atoms with Crippen LogP contribution in [0.25, 0.3) is 0 Å². The molecule has 1 fully saturated rings. The van der Waals surface area contributed by atoms with Gasteiger partial charge in [-0.2, -0.15) is 0 Å². The molecule has 0 bridgehead atoms. The molecule has 110 valence electrons. The number of hydrogen-bond acceptors (Lipinski definition) is 3. The quantitative estimate of drug-likeness (QED) is 0.654. The summed E-state index contributed by atoms with van der Waals surface area (Å²) < 4.78 is 0. The van der Waals surface area contributed by atoms with E-state index >= 15 is 0 Å². The minimum Gasteiger partial charge on any atom is -0.395 e. The molecule has 4 N–H and O–H groups in total. The number of aliphatic hydroxyl groups excluding tert-OH is 1. The zero-order valence-electron chi connectivity index (χ0n) is 11.8. The molecule has 6 heteroatoms. The lowest BCUT2D eigenvalue weighted by Gasteiger charge is -2.33. The summed E-state index contributed by atoms with van der Waals surface area (Å²) in [5.41, 5.74) is 5.13. The standard InChI is InChI=1S/C13H25N3O3/c1-9(2)11(15-13(14)19)12(18)16(7-8-17)10-5-3-4-6-10/h9-11,17H,3-8H2,1-2H3,(H3,14,15,19). The SMILES string of the molecule is CC(C)C(NC(N)=O)C(=O)N(CCO)C1CCCC1. The van der Waals surface area contributed by atoms with E-state index in [0.717, 1.165) is 25.7 Å². The summed E-state index contributed by atoms with van der Waals surface area (Å²) in [6.45, 7) is 3.98. The van der Waals surface area contributed by atoms with Gasteiger partial charge in [-0.15, -0.1) is 0 Å². The largest absolute Gasteiger partial charge is 0.395 e. The summed E-state index contributed by atoms with van der Waals surface area (Å²) in [4.78, 5) is 25.3. The predicted molar refractivity (Wildman–Crippen MR) is 72.4 cm³/mol. The van der Waals surface area contributed by atoms with Gasteiger partial charge in [0, 0.05) is 12.6 Å². The third-order valence-electron chi connectivity index (χ3n) is 3.62. The average molecular weight is 271 g/mol. The summed E-state index contributed by atoms with van der Waals surface area (Å²) in [7, 11) is 0. The zero-order chi connectivity index (χ0) is 14.4. The smallest absolute Gasteiger partial charge is 0.312 e. The monoisotopic (exact) mass is 271 g/mol. The van der Waals surface area contributed by atoms with Crippen molar-refractivity contribution in [2.45, 2.75) is 51.6 Å². The highest BCUT2D eigenvalue weighted by Gasteiger charge is 2.33. The van der Waals surface area contributed by atoms with Gasteiger partial charge in [0.05, 0.1) is 6.61 Å². The minimum atomic E-state index is -0.692. The first kappa shape index (κ1) is 15.8. The van der Waals surface area contributed by atoms with E-state index in [1.54, 1.807) is 4.90 Å². The molecule has 1 atom stereocenters. The highest BCUT2D eigenvalue weighted by Crippen LogP contribution is 2.24. The summed E-state index contributed by atoms with van der Waals surface area (Å²) in [5.74, 6) is -0.183. The molecule has 1 unspecified atom stereocenters. The van der Waals surface area contributed by atoms with Crippen LogP contribution in [0.15, 0.2) is 0 Å². The van der Waals surface area contributed by atoms with Crippen LogP contribution in [0, 0.1) is 5.92 Å². The van der Waals surface area contributed by atoms with Crippen LogP contribution >= 0.6 is 0 Å². The number of nitrogens with zero attached hydrogens (tertiary/aromatic N) is 1. The zero-order valence-corrected chi connectivity index (χ0v) is 11.8. The van der Waals surface area contributed by atoms with Gasteiger partial charge < -0.3 is 21.1 Å². The molecule has 0 radical (unpaired) electrons. The van der Waals surface area contributed by atoms with Crippen LogP contribution in [0.3, 0.4) is 0 Å². The van der Waals surface area contributed by atoms with Crippen molar-refractivity contribution in [3.05, 3.63) is 0 Å². The molecular formula is C13H25N3O3. The summed E-state index contributed by atoms with van der Waals surface area (Å²) in [6, 6.07) is -1.14. The molecule has 0 aromatic carbocycles. The fourth-order valence-corrected chi connectivity index (χ4v) is 2.64. The van der Waals surface area contributed by atoms with Crippen molar-refractivity contribution in [2.75, 3.05) is 13.2 Å². The first-order valence-corrected chi connectivity index (χ1v) is 6.94. The minimum absolute atomic E-state index is 0.0393. The Bertz CT molecular complexity index is 314. The lowest BCUT2D eigenvalue weighted by molar-refractivity contribution is -0.137. The molecule has 0 aliphatic heterocycles. The Morgan fingerprint density at radius 3 is 2.37 bits per heavy atom. The number of aliphatic hydroxyl groups is 1. The lowest BCUT2D eigenvalue weighted by Crippen LogP contribution is -2.55. The van der Waals surface area contributed by atoms with E-state index in [1.165, 1.54) is 0 Å². The van der Waals surface area contributed by atoms with Crippen LogP contribution in [0.4, 0.5) is 4.79 Å². The topological polar surface area (TPSA) is 95.7 Å². The van der Waals surface area contributed by atoms with Crippen molar-refractivity contribution in [3.8, 4) is 0 Å². The molecule has 0 saturated heterocycles. The van der Waals surface area contributed by atoms with Crippen molar-refractivity contribution < 1.29 is 14.7 Å². The van der Waals surface area contributed by atoms with Gasteiger partial charge in [0.2, 0.25) is 5.91 Å². The second-order valence-electron chi connectivity index (χ2n) is 5.42. The van der Waals surface area contributed by atoms with Gasteiger partial charge in [0.1, 0.15) is 6.04 Å². The number of nitrogens with two attached hydrogens (primary N) is 1. The molecule has 1 rings (SSSR count). The van der Waals surface area contributed by atoms with Gasteiger partial charge in [0.25, 0.3) is 0 Å². The summed E-state index contributed by atoms with van der Waals surface area (Å²) in [6.07, 6.45) is 4.14. The van der Waals surface area contributed by atoms with Gasteiger partial charge in [0.15, 0.2) is 0 Å². The number of amides is 3. The molecule has 0 spiro atoms. The molecule has 3 amide bonds. The van der Waals surface area contributed by atoms with Crippen molar-refractivity contribution in [1.29, 1.82) is 0 Å². The molecule has 1 saturated carbocycles. The van der Waals surface area contributed by atoms with E-state index in [1.807, 2.05) is 13.8 Å². The first-order chi connectivity index (χ1) is 8.97. The van der Waals surface area contributed by atoms with Gasteiger partial charge >= 0.3 is 6.03 Å². The second kappa shape index (κ2) is 7.33. The first-order valence-electron chi connectivity index (χ1n) is 6.94. The third-order valence-corrected chi connectivity index (χ3v) is 3.62. The third kappa shape index (κ3) is 4.38. The number of carbonyl (C=O) groups is 2. The number of rotatable bonds is 6. The number of primary amides is 1. The van der Waals surface area contributed by atoms with Gasteiger partial charge in [-0.25, -0.2) is 4.79 Å². The second-order valence-corrected chi connectivity index (χ2v) is 5.42. The molecular weight excluding hydrogens is 246 g/mol.